The third-order valence-electron chi connectivity index (χ3n) is 3.47. The molecule has 1 unspecified atom stereocenters. The highest BCUT2D eigenvalue weighted by molar-refractivity contribution is 5.36. The zero-order chi connectivity index (χ0) is 14.0. The number of hydrogen-bond donors (Lipinski definition) is 1. The van der Waals surface area contributed by atoms with E-state index < -0.39 is 5.60 Å². The first-order valence-electron chi connectivity index (χ1n) is 6.44. The predicted octanol–water partition coefficient (Wildman–Crippen LogP) is 3.89. The number of aliphatic hydroxyl groups is 1. The van der Waals surface area contributed by atoms with E-state index in [-0.39, 0.29) is 12.2 Å². The lowest BCUT2D eigenvalue weighted by Gasteiger charge is -2.26. The van der Waals surface area contributed by atoms with Gasteiger partial charge in [0, 0.05) is 6.42 Å². The van der Waals surface area contributed by atoms with E-state index in [1.807, 2.05) is 32.0 Å². The fourth-order valence-corrected chi connectivity index (χ4v) is 2.42. The van der Waals surface area contributed by atoms with Gasteiger partial charge in [0.2, 0.25) is 0 Å². The van der Waals surface area contributed by atoms with Crippen LogP contribution in [0.4, 0.5) is 4.39 Å². The molecule has 0 aliphatic rings. The monoisotopic (exact) mass is 258 g/mol. The van der Waals surface area contributed by atoms with Crippen LogP contribution < -0.4 is 0 Å². The molecule has 0 saturated carbocycles. The lowest BCUT2D eigenvalue weighted by atomic mass is 9.85. The summed E-state index contributed by atoms with van der Waals surface area (Å²) in [5.41, 5.74) is 2.43. The van der Waals surface area contributed by atoms with Crippen molar-refractivity contribution >= 4 is 0 Å². The second kappa shape index (κ2) is 5.14. The summed E-state index contributed by atoms with van der Waals surface area (Å²) in [7, 11) is 0. The Kier molecular flexibility index (Phi) is 3.72. The first kappa shape index (κ1) is 13.8. The molecule has 0 amide bonds. The second-order valence-electron chi connectivity index (χ2n) is 5.36. The van der Waals surface area contributed by atoms with Gasteiger partial charge < -0.3 is 5.11 Å². The van der Waals surface area contributed by atoms with Gasteiger partial charge in [0.05, 0.1) is 5.60 Å². The van der Waals surface area contributed by atoms with E-state index in [2.05, 4.69) is 0 Å². The minimum atomic E-state index is -1.07. The molecular weight excluding hydrogens is 239 g/mol. The molecule has 2 rings (SSSR count). The predicted molar refractivity (Wildman–Crippen MR) is 75.6 cm³/mol. The van der Waals surface area contributed by atoms with Gasteiger partial charge in [-0.25, -0.2) is 4.39 Å². The number of rotatable bonds is 3. The van der Waals surface area contributed by atoms with Crippen LogP contribution in [0.25, 0.3) is 0 Å². The maximum absolute atomic E-state index is 13.7. The second-order valence-corrected chi connectivity index (χ2v) is 5.36. The minimum absolute atomic E-state index is 0.268. The smallest absolute Gasteiger partial charge is 0.126 e. The van der Waals surface area contributed by atoms with Crippen molar-refractivity contribution in [3.05, 3.63) is 70.5 Å². The van der Waals surface area contributed by atoms with Crippen molar-refractivity contribution in [2.24, 2.45) is 0 Å². The summed E-state index contributed by atoms with van der Waals surface area (Å²) in [4.78, 5) is 0. The van der Waals surface area contributed by atoms with Crippen LogP contribution in [0.1, 0.15) is 29.2 Å². The number of hydrogen-bond acceptors (Lipinski definition) is 1. The average molecular weight is 258 g/mol. The molecule has 0 radical (unpaired) electrons. The SMILES string of the molecule is Cc1ccc(C)c(C(C)(O)Cc2ccccc2F)c1. The molecule has 2 heteroatoms. The molecule has 2 aromatic rings. The summed E-state index contributed by atoms with van der Waals surface area (Å²) < 4.78 is 13.7. The Morgan fingerprint density at radius 3 is 2.47 bits per heavy atom. The van der Waals surface area contributed by atoms with E-state index in [0.29, 0.717) is 5.56 Å². The van der Waals surface area contributed by atoms with Gasteiger partial charge in [0.25, 0.3) is 0 Å². The standard InChI is InChI=1S/C17H19FO/c1-12-8-9-13(2)15(10-12)17(3,19)11-14-6-4-5-7-16(14)18/h4-10,19H,11H2,1-3H3. The highest BCUT2D eigenvalue weighted by Crippen LogP contribution is 2.29. The average Bonchev–Trinajstić information content (AvgIpc) is 2.35. The fourth-order valence-electron chi connectivity index (χ4n) is 2.42. The Morgan fingerprint density at radius 1 is 1.11 bits per heavy atom. The van der Waals surface area contributed by atoms with Crippen LogP contribution in [-0.4, -0.2) is 5.11 Å². The van der Waals surface area contributed by atoms with Gasteiger partial charge in [-0.1, -0.05) is 42.0 Å². The van der Waals surface area contributed by atoms with Gasteiger partial charge in [0.1, 0.15) is 5.82 Å². The molecule has 0 aliphatic carbocycles. The van der Waals surface area contributed by atoms with E-state index in [0.717, 1.165) is 16.7 Å². The van der Waals surface area contributed by atoms with E-state index in [1.165, 1.54) is 6.07 Å². The topological polar surface area (TPSA) is 20.2 Å². The summed E-state index contributed by atoms with van der Waals surface area (Å²) >= 11 is 0. The van der Waals surface area contributed by atoms with E-state index in [4.69, 9.17) is 0 Å². The molecule has 0 saturated heterocycles. The summed E-state index contributed by atoms with van der Waals surface area (Å²) in [5, 5.41) is 10.7. The highest BCUT2D eigenvalue weighted by atomic mass is 19.1. The molecule has 19 heavy (non-hydrogen) atoms. The molecule has 100 valence electrons. The zero-order valence-electron chi connectivity index (χ0n) is 11.6. The van der Waals surface area contributed by atoms with Gasteiger partial charge in [-0.15, -0.1) is 0 Å². The first-order valence-corrected chi connectivity index (χ1v) is 6.44. The molecule has 0 heterocycles. The van der Waals surface area contributed by atoms with E-state index >= 15 is 0 Å². The van der Waals surface area contributed by atoms with Gasteiger partial charge in [-0.05, 0) is 43.5 Å². The third-order valence-corrected chi connectivity index (χ3v) is 3.47. The lowest BCUT2D eigenvalue weighted by Crippen LogP contribution is -2.26. The quantitative estimate of drug-likeness (QED) is 0.885. The molecule has 0 bridgehead atoms. The third kappa shape index (κ3) is 3.02. The molecular formula is C17H19FO. The molecule has 0 aliphatic heterocycles. The minimum Gasteiger partial charge on any atom is -0.385 e. The Morgan fingerprint density at radius 2 is 1.79 bits per heavy atom. The highest BCUT2D eigenvalue weighted by Gasteiger charge is 2.26. The lowest BCUT2D eigenvalue weighted by molar-refractivity contribution is 0.0560. The molecule has 1 N–H and O–H groups in total. The van der Waals surface area contributed by atoms with Crippen molar-refractivity contribution in [3.8, 4) is 0 Å². The van der Waals surface area contributed by atoms with Gasteiger partial charge >= 0.3 is 0 Å². The van der Waals surface area contributed by atoms with Gasteiger partial charge in [-0.3, -0.25) is 0 Å². The Hall–Kier alpha value is -1.67. The van der Waals surface area contributed by atoms with Crippen LogP contribution in [0.5, 0.6) is 0 Å². The summed E-state index contributed by atoms with van der Waals surface area (Å²) in [5.74, 6) is -0.270. The van der Waals surface area contributed by atoms with Crippen molar-refractivity contribution in [2.45, 2.75) is 32.8 Å². The van der Waals surface area contributed by atoms with Crippen molar-refractivity contribution in [2.75, 3.05) is 0 Å². The van der Waals surface area contributed by atoms with E-state index in [9.17, 15) is 9.50 Å². The normalized spacial score (nSPS) is 14.2. The van der Waals surface area contributed by atoms with Crippen molar-refractivity contribution in [1.29, 1.82) is 0 Å². The molecule has 0 fully saturated rings. The summed E-state index contributed by atoms with van der Waals surface area (Å²) in [6.07, 6.45) is 0.268. The number of benzene rings is 2. The van der Waals surface area contributed by atoms with Crippen LogP contribution in [0.15, 0.2) is 42.5 Å². The van der Waals surface area contributed by atoms with Crippen LogP contribution in [-0.2, 0) is 12.0 Å². The molecule has 2 aromatic carbocycles. The summed E-state index contributed by atoms with van der Waals surface area (Å²) in [6, 6.07) is 12.6. The summed E-state index contributed by atoms with van der Waals surface area (Å²) in [6.45, 7) is 5.69. The molecule has 1 nitrogen and oxygen atoms in total. The Bertz CT molecular complexity index is 588. The van der Waals surface area contributed by atoms with Crippen LogP contribution in [0, 0.1) is 19.7 Å². The molecule has 0 spiro atoms. The van der Waals surface area contributed by atoms with Crippen LogP contribution in [0.2, 0.25) is 0 Å². The van der Waals surface area contributed by atoms with Crippen molar-refractivity contribution in [1.82, 2.24) is 0 Å². The maximum Gasteiger partial charge on any atom is 0.126 e. The first-order chi connectivity index (χ1) is 8.90. The van der Waals surface area contributed by atoms with E-state index in [1.54, 1.807) is 25.1 Å². The van der Waals surface area contributed by atoms with Gasteiger partial charge in [-0.2, -0.15) is 0 Å². The Labute approximate surface area is 113 Å². The van der Waals surface area contributed by atoms with Crippen molar-refractivity contribution in [3.63, 3.8) is 0 Å². The number of halogens is 1. The zero-order valence-corrected chi connectivity index (χ0v) is 11.6. The van der Waals surface area contributed by atoms with Gasteiger partial charge in [0.15, 0.2) is 0 Å². The molecule has 0 aromatic heterocycles. The number of aryl methyl sites for hydroxylation is 2. The molecule has 1 atom stereocenters. The Balaban J connectivity index is 2.37. The maximum atomic E-state index is 13.7. The largest absolute Gasteiger partial charge is 0.385 e. The van der Waals surface area contributed by atoms with Crippen LogP contribution in [0.3, 0.4) is 0 Å². The fraction of sp³-hybridized carbons (Fsp3) is 0.294. The van der Waals surface area contributed by atoms with Crippen LogP contribution >= 0.6 is 0 Å². The van der Waals surface area contributed by atoms with Crippen molar-refractivity contribution < 1.29 is 9.50 Å².